The number of fused-ring (bicyclic) bond motifs is 9. The molecule has 0 heterocycles. The summed E-state index contributed by atoms with van der Waals surface area (Å²) in [4.78, 5) is 0. The summed E-state index contributed by atoms with van der Waals surface area (Å²) in [6, 6.07) is 37.1. The third-order valence-corrected chi connectivity index (χ3v) is 7.05. The highest BCUT2D eigenvalue weighted by atomic mass is 14.5. The molecule has 0 radical (unpaired) electrons. The lowest BCUT2D eigenvalue weighted by molar-refractivity contribution is 0.786. The Morgan fingerprint density at radius 1 is 0.515 bits per heavy atom. The van der Waals surface area contributed by atoms with Crippen molar-refractivity contribution in [3.05, 3.63) is 161 Å². The van der Waals surface area contributed by atoms with Crippen LogP contribution in [0.15, 0.2) is 133 Å². The molecule has 0 N–H and O–H groups in total. The van der Waals surface area contributed by atoms with Gasteiger partial charge in [0.05, 0.1) is 5.41 Å². The molecule has 3 aliphatic rings. The number of rotatable bonds is 0. The van der Waals surface area contributed by atoms with Crippen LogP contribution >= 0.6 is 0 Å². The van der Waals surface area contributed by atoms with Crippen molar-refractivity contribution in [3.63, 3.8) is 0 Å². The molecule has 0 amide bonds. The van der Waals surface area contributed by atoms with Crippen molar-refractivity contribution < 1.29 is 0 Å². The summed E-state index contributed by atoms with van der Waals surface area (Å²) in [6.45, 7) is 2.08. The first-order valence-corrected chi connectivity index (χ1v) is 11.7. The van der Waals surface area contributed by atoms with Gasteiger partial charge in [-0.05, 0) is 57.9 Å². The van der Waals surface area contributed by atoms with E-state index in [1.165, 1.54) is 50.1 Å². The van der Waals surface area contributed by atoms with Crippen LogP contribution in [0.2, 0.25) is 0 Å². The second kappa shape index (κ2) is 7.90. The fourth-order valence-corrected chi connectivity index (χ4v) is 5.73. The Hall–Kier alpha value is -3.90. The van der Waals surface area contributed by atoms with Crippen LogP contribution in [0.4, 0.5) is 0 Å². The Balaban J connectivity index is 0.000000255. The van der Waals surface area contributed by atoms with Gasteiger partial charge in [0, 0.05) is 0 Å². The van der Waals surface area contributed by atoms with Crippen LogP contribution < -0.4 is 0 Å². The van der Waals surface area contributed by atoms with Crippen LogP contribution in [0.3, 0.4) is 0 Å². The Bertz CT molecular complexity index is 1380. The molecule has 0 saturated carbocycles. The number of benzene rings is 4. The number of hydrogen-bond donors (Lipinski definition) is 0. The third-order valence-electron chi connectivity index (χ3n) is 7.05. The van der Waals surface area contributed by atoms with Crippen molar-refractivity contribution in [3.8, 4) is 11.1 Å². The van der Waals surface area contributed by atoms with Gasteiger partial charge < -0.3 is 0 Å². The summed E-state index contributed by atoms with van der Waals surface area (Å²) in [5, 5.41) is 0. The number of allylic oxidation sites excluding steroid dienone is 6. The molecule has 7 rings (SSSR count). The average Bonchev–Trinajstić information content (AvgIpc) is 3.17. The third kappa shape index (κ3) is 2.91. The van der Waals surface area contributed by atoms with Gasteiger partial charge in [-0.3, -0.25) is 0 Å². The molecule has 1 spiro atoms. The summed E-state index contributed by atoms with van der Waals surface area (Å²) >= 11 is 0. The zero-order valence-electron chi connectivity index (χ0n) is 18.8. The van der Waals surface area contributed by atoms with Gasteiger partial charge in [0.2, 0.25) is 0 Å². The Kier molecular flexibility index (Phi) is 4.73. The van der Waals surface area contributed by atoms with Gasteiger partial charge in [0.1, 0.15) is 0 Å². The predicted octanol–water partition coefficient (Wildman–Crippen LogP) is 8.28. The van der Waals surface area contributed by atoms with Crippen LogP contribution in [0.1, 0.15) is 34.2 Å². The van der Waals surface area contributed by atoms with Crippen molar-refractivity contribution in [2.45, 2.75) is 18.8 Å². The molecular formula is C33H26. The van der Waals surface area contributed by atoms with Gasteiger partial charge in [-0.25, -0.2) is 0 Å². The first-order chi connectivity index (χ1) is 16.3. The van der Waals surface area contributed by atoms with Gasteiger partial charge >= 0.3 is 0 Å². The molecule has 0 aromatic heterocycles. The predicted molar refractivity (Wildman–Crippen MR) is 139 cm³/mol. The molecule has 3 aliphatic carbocycles. The zero-order chi connectivity index (χ0) is 22.3. The Morgan fingerprint density at radius 3 is 1.58 bits per heavy atom. The maximum atomic E-state index is 2.37. The number of hydrogen-bond acceptors (Lipinski definition) is 0. The summed E-state index contributed by atoms with van der Waals surface area (Å²) < 4.78 is 0. The normalized spacial score (nSPS) is 15.8. The van der Waals surface area contributed by atoms with Crippen LogP contribution in [0.5, 0.6) is 0 Å². The van der Waals surface area contributed by atoms with Gasteiger partial charge in [-0.15, -0.1) is 0 Å². The van der Waals surface area contributed by atoms with Gasteiger partial charge in [0.15, 0.2) is 0 Å². The highest BCUT2D eigenvalue weighted by Crippen LogP contribution is 2.62. The average molecular weight is 423 g/mol. The van der Waals surface area contributed by atoms with Gasteiger partial charge in [-0.2, -0.15) is 0 Å². The number of aryl methyl sites for hydroxylation is 1. The van der Waals surface area contributed by atoms with Crippen molar-refractivity contribution >= 4 is 5.57 Å². The van der Waals surface area contributed by atoms with Gasteiger partial charge in [-0.1, -0.05) is 133 Å². The second-order valence-electron chi connectivity index (χ2n) is 8.91. The van der Waals surface area contributed by atoms with E-state index < -0.39 is 0 Å². The fourth-order valence-electron chi connectivity index (χ4n) is 5.73. The van der Waals surface area contributed by atoms with Crippen LogP contribution in [0, 0.1) is 6.92 Å². The Labute approximate surface area is 196 Å². The van der Waals surface area contributed by atoms with Crippen molar-refractivity contribution in [2.24, 2.45) is 0 Å². The molecule has 0 atom stereocenters. The maximum absolute atomic E-state index is 2.37. The quantitative estimate of drug-likeness (QED) is 0.267. The van der Waals surface area contributed by atoms with E-state index in [-0.39, 0.29) is 5.41 Å². The largest absolute Gasteiger partial charge is 0.0804 e. The van der Waals surface area contributed by atoms with E-state index in [0.29, 0.717) is 0 Å². The van der Waals surface area contributed by atoms with Crippen LogP contribution in [-0.2, 0) is 5.41 Å². The standard InChI is InChI=1S/C26H18.C7H8/c1-2-10-18-19-11-4-7-15-23(19)26(22(18)14-3-1)24-16-8-5-12-20(24)21-13-6-9-17-25(21)26;1-7-5-3-2-4-6-7/h2-17H,1H2;2-6H,1H3. The summed E-state index contributed by atoms with van der Waals surface area (Å²) in [5.41, 5.74) is 12.3. The first-order valence-electron chi connectivity index (χ1n) is 11.7. The van der Waals surface area contributed by atoms with Crippen LogP contribution in [-0.4, -0.2) is 0 Å². The molecule has 0 aliphatic heterocycles. The van der Waals surface area contributed by atoms with E-state index in [4.69, 9.17) is 0 Å². The molecule has 158 valence electrons. The first kappa shape index (κ1) is 19.8. The molecule has 0 fully saturated rings. The molecule has 33 heavy (non-hydrogen) atoms. The minimum Gasteiger partial charge on any atom is -0.0804 e. The summed E-state index contributed by atoms with van der Waals surface area (Å²) in [5.74, 6) is 0. The molecule has 0 nitrogen and oxygen atoms in total. The Morgan fingerprint density at radius 2 is 1.00 bits per heavy atom. The monoisotopic (exact) mass is 422 g/mol. The SMILES string of the molecule is C1=CC2=C(C=CC1)C1(c3ccccc32)c2ccccc2-c2ccccc21.Cc1ccccc1. The lowest BCUT2D eigenvalue weighted by atomic mass is 9.69. The van der Waals surface area contributed by atoms with Gasteiger partial charge in [0.25, 0.3) is 0 Å². The topological polar surface area (TPSA) is 0 Å². The van der Waals surface area contributed by atoms with E-state index in [2.05, 4.69) is 116 Å². The lowest BCUT2D eigenvalue weighted by Crippen LogP contribution is -2.26. The zero-order valence-corrected chi connectivity index (χ0v) is 18.8. The second-order valence-corrected chi connectivity index (χ2v) is 8.91. The molecule has 4 aromatic rings. The summed E-state index contributed by atoms with van der Waals surface area (Å²) in [7, 11) is 0. The van der Waals surface area contributed by atoms with E-state index in [9.17, 15) is 0 Å². The lowest BCUT2D eigenvalue weighted by Gasteiger charge is -2.31. The molecule has 0 heteroatoms. The molecule has 0 saturated heterocycles. The highest BCUT2D eigenvalue weighted by molar-refractivity contribution is 5.98. The van der Waals surface area contributed by atoms with Crippen molar-refractivity contribution in [1.82, 2.24) is 0 Å². The van der Waals surface area contributed by atoms with Crippen molar-refractivity contribution in [2.75, 3.05) is 0 Å². The highest BCUT2D eigenvalue weighted by Gasteiger charge is 2.51. The minimum atomic E-state index is -0.190. The molecule has 4 aromatic carbocycles. The van der Waals surface area contributed by atoms with Crippen molar-refractivity contribution in [1.29, 1.82) is 0 Å². The summed E-state index contributed by atoms with van der Waals surface area (Å²) in [6.07, 6.45) is 10.3. The molecule has 0 bridgehead atoms. The van der Waals surface area contributed by atoms with E-state index in [1.807, 2.05) is 18.2 Å². The minimum absolute atomic E-state index is 0.190. The van der Waals surface area contributed by atoms with Crippen LogP contribution in [0.25, 0.3) is 16.7 Å². The fraction of sp³-hybridized carbons (Fsp3) is 0.0909. The van der Waals surface area contributed by atoms with E-state index in [1.54, 1.807) is 0 Å². The smallest absolute Gasteiger partial charge is 0.0725 e. The molecular weight excluding hydrogens is 396 g/mol. The maximum Gasteiger partial charge on any atom is 0.0725 e. The molecule has 0 unspecified atom stereocenters. The van der Waals surface area contributed by atoms with E-state index in [0.717, 1.165) is 6.42 Å². The van der Waals surface area contributed by atoms with E-state index >= 15 is 0 Å².